The van der Waals surface area contributed by atoms with Gasteiger partial charge in [-0.3, -0.25) is 4.79 Å². The molecule has 0 saturated carbocycles. The number of nitrogens with one attached hydrogen (secondary N) is 2. The molecule has 2 aromatic carbocycles. The Morgan fingerprint density at radius 2 is 1.53 bits per heavy atom. The SMILES string of the molecule is CCCOc1nn(C(=O)NS(=O)(=O)c2ccccc2C(=O)OC)c(=O)n1C.COC(=O)c1ccc(I)cc1S(=O)(=O)[N-]C(=O)Nc1nc(C)nc(OC)n1.[Na+]. The first-order valence-electron chi connectivity index (χ1n) is 14.9. The fourth-order valence-electron chi connectivity index (χ4n) is 3.93. The zero-order chi connectivity index (χ0) is 40.4. The first-order valence-corrected chi connectivity index (χ1v) is 18.9. The van der Waals surface area contributed by atoms with Crippen molar-refractivity contribution in [1.29, 1.82) is 0 Å². The van der Waals surface area contributed by atoms with Crippen LogP contribution < -0.4 is 54.8 Å². The minimum absolute atomic E-state index is 0. The number of aromatic nitrogens is 6. The summed E-state index contributed by atoms with van der Waals surface area (Å²) in [5, 5.41) is 5.79. The summed E-state index contributed by atoms with van der Waals surface area (Å²) in [6, 6.07) is 6.39. The number of nitrogens with zero attached hydrogens (tertiary/aromatic N) is 7. The van der Waals surface area contributed by atoms with E-state index in [1.807, 2.05) is 29.5 Å². The molecule has 0 radical (unpaired) electrons. The van der Waals surface area contributed by atoms with E-state index in [4.69, 9.17) is 9.47 Å². The molecule has 4 aromatic rings. The summed E-state index contributed by atoms with van der Waals surface area (Å²) in [5.41, 5.74) is -1.40. The average Bonchev–Trinajstić information content (AvgIpc) is 3.41. The van der Waals surface area contributed by atoms with Crippen LogP contribution in [0.15, 0.2) is 57.1 Å². The second-order valence-corrected chi connectivity index (χ2v) is 14.6. The fraction of sp³-hybridized carbons (Fsp3) is 0.276. The molecule has 0 aliphatic heterocycles. The predicted molar refractivity (Wildman–Crippen MR) is 193 cm³/mol. The number of halogens is 1. The van der Waals surface area contributed by atoms with E-state index in [9.17, 15) is 40.8 Å². The van der Waals surface area contributed by atoms with Gasteiger partial charge in [-0.05, 0) is 66.3 Å². The second-order valence-electron chi connectivity index (χ2n) is 10.1. The van der Waals surface area contributed by atoms with Gasteiger partial charge < -0.3 is 29.0 Å². The Balaban J connectivity index is 0.000000373. The third kappa shape index (κ3) is 12.1. The summed E-state index contributed by atoms with van der Waals surface area (Å²) in [5.74, 6) is -1.77. The third-order valence-electron chi connectivity index (χ3n) is 6.33. The molecule has 0 atom stereocenters. The van der Waals surface area contributed by atoms with Gasteiger partial charge in [-0.15, -0.1) is 9.78 Å². The zero-order valence-corrected chi connectivity index (χ0v) is 35.9. The van der Waals surface area contributed by atoms with Crippen LogP contribution >= 0.6 is 22.6 Å². The largest absolute Gasteiger partial charge is 1.00 e. The van der Waals surface area contributed by atoms with Gasteiger partial charge in [0, 0.05) is 10.6 Å². The Bertz CT molecular complexity index is 2360. The first kappa shape index (κ1) is 46.5. The molecule has 0 aliphatic rings. The molecule has 0 bridgehead atoms. The average molecular weight is 928 g/mol. The molecule has 0 fully saturated rings. The van der Waals surface area contributed by atoms with Crippen molar-refractivity contribution in [1.82, 2.24) is 34.0 Å². The number of anilines is 1. The van der Waals surface area contributed by atoms with Crippen molar-refractivity contribution in [2.45, 2.75) is 30.1 Å². The summed E-state index contributed by atoms with van der Waals surface area (Å²) >= 11 is 1.86. The number of sulfonamides is 2. The van der Waals surface area contributed by atoms with Crippen LogP contribution in [0.5, 0.6) is 12.0 Å². The Labute approximate surface area is 349 Å². The molecule has 55 heavy (non-hydrogen) atoms. The molecule has 0 aliphatic carbocycles. The quantitative estimate of drug-likeness (QED) is 0.103. The Hall–Kier alpha value is -4.70. The molecule has 2 N–H and O–H groups in total. The molecule has 0 unspecified atom stereocenters. The Morgan fingerprint density at radius 1 is 0.909 bits per heavy atom. The number of carbonyl (C=O) groups excluding carboxylic acids is 4. The Kier molecular flexibility index (Phi) is 17.1. The van der Waals surface area contributed by atoms with Crippen LogP contribution in [0.3, 0.4) is 0 Å². The molecular formula is C29H31IN9NaO13S2. The van der Waals surface area contributed by atoms with Gasteiger partial charge in [0.25, 0.3) is 10.0 Å². The molecule has 22 nitrogen and oxygen atoms in total. The molecule has 3 amide bonds. The first-order chi connectivity index (χ1) is 25.4. The second kappa shape index (κ2) is 20.3. The maximum absolute atomic E-state index is 12.5. The van der Waals surface area contributed by atoms with E-state index in [1.165, 1.54) is 57.5 Å². The van der Waals surface area contributed by atoms with Crippen LogP contribution in [0, 0.1) is 10.5 Å². The smallest absolute Gasteiger partial charge is 0.467 e. The molecule has 2 aromatic heterocycles. The van der Waals surface area contributed by atoms with Crippen LogP contribution in [-0.4, -0.2) is 98.1 Å². The molecule has 26 heteroatoms. The number of carbonyl (C=O) groups is 4. The number of hydrogen-bond donors (Lipinski definition) is 2. The predicted octanol–water partition coefficient (Wildman–Crippen LogP) is -1.02. The van der Waals surface area contributed by atoms with Gasteiger partial charge in [0.15, 0.2) is 12.0 Å². The number of rotatable bonds is 11. The normalized spacial score (nSPS) is 10.7. The maximum atomic E-state index is 12.5. The third-order valence-corrected chi connectivity index (χ3v) is 9.68. The minimum Gasteiger partial charge on any atom is -0.467 e. The van der Waals surface area contributed by atoms with E-state index in [0.717, 1.165) is 24.9 Å². The molecule has 290 valence electrons. The zero-order valence-electron chi connectivity index (χ0n) is 30.1. The van der Waals surface area contributed by atoms with Crippen molar-refractivity contribution < 1.29 is 84.5 Å². The number of amides is 3. The number of hydrogen-bond acceptors (Lipinski definition) is 17. The summed E-state index contributed by atoms with van der Waals surface area (Å²) < 4.78 is 75.8. The van der Waals surface area contributed by atoms with Crippen molar-refractivity contribution in [2.24, 2.45) is 7.05 Å². The van der Waals surface area contributed by atoms with Gasteiger partial charge in [0.1, 0.15) is 10.7 Å². The van der Waals surface area contributed by atoms with E-state index in [1.54, 1.807) is 4.72 Å². The van der Waals surface area contributed by atoms with E-state index in [0.29, 0.717) is 14.7 Å². The number of methoxy groups -OCH3 is 3. The van der Waals surface area contributed by atoms with Gasteiger partial charge in [-0.25, -0.2) is 50.3 Å². The van der Waals surface area contributed by atoms with Crippen molar-refractivity contribution in [3.8, 4) is 12.0 Å². The fourth-order valence-corrected chi connectivity index (χ4v) is 6.83. The summed E-state index contributed by atoms with van der Waals surface area (Å²) in [7, 11) is -4.14. The van der Waals surface area contributed by atoms with Gasteiger partial charge in [-0.1, -0.05) is 19.1 Å². The number of urea groups is 1. The van der Waals surface area contributed by atoms with Crippen molar-refractivity contribution >= 4 is 72.6 Å². The molecule has 2 heterocycles. The van der Waals surface area contributed by atoms with Crippen LogP contribution in [-0.2, 0) is 36.6 Å². The van der Waals surface area contributed by atoms with Crippen LogP contribution in [0.2, 0.25) is 0 Å². The topological polar surface area (TPSA) is 290 Å². The van der Waals surface area contributed by atoms with E-state index in [-0.39, 0.29) is 71.1 Å². The van der Waals surface area contributed by atoms with Crippen molar-refractivity contribution in [3.05, 3.63) is 78.2 Å². The van der Waals surface area contributed by atoms with E-state index >= 15 is 0 Å². The minimum atomic E-state index is -4.51. The van der Waals surface area contributed by atoms with E-state index in [2.05, 4.69) is 39.6 Å². The number of esters is 2. The van der Waals surface area contributed by atoms with Crippen LogP contribution in [0.1, 0.15) is 39.9 Å². The molecular weight excluding hydrogens is 896 g/mol. The molecule has 4 rings (SSSR count). The summed E-state index contributed by atoms with van der Waals surface area (Å²) in [4.78, 5) is 70.4. The standard InChI is InChI=1S/C15H18N4O7S.C14H14IN5O6S.Na/c1-4-9-26-14-16-19(15(22)18(14)2)13(21)17-27(23,24)11-8-6-5-7-10(11)12(20)25-3;1-7-16-12(19-14(17-7)26-3)18-13(22)20-27(23,24)10-6-8(15)4-5-9(10)11(21)25-2;/h5-8H,4,9H2,1-3H3,(H,17,21);4-6H,1-3H3,(H2,16,17,18,19,20,22);/q;;+1/p-1. The Morgan fingerprint density at radius 3 is 2.13 bits per heavy atom. The number of aryl methyl sites for hydroxylation is 1. The number of benzene rings is 2. The van der Waals surface area contributed by atoms with E-state index < -0.39 is 59.5 Å². The van der Waals surface area contributed by atoms with Gasteiger partial charge in [0.05, 0.1) is 44.0 Å². The van der Waals surface area contributed by atoms with Crippen molar-refractivity contribution in [3.63, 3.8) is 0 Å². The maximum Gasteiger partial charge on any atom is 1.00 e. The van der Waals surface area contributed by atoms with Crippen LogP contribution in [0.4, 0.5) is 15.5 Å². The van der Waals surface area contributed by atoms with Crippen molar-refractivity contribution in [2.75, 3.05) is 33.3 Å². The van der Waals surface area contributed by atoms with Gasteiger partial charge in [0.2, 0.25) is 10.0 Å². The van der Waals surface area contributed by atoms with Gasteiger partial charge >= 0.3 is 65.2 Å². The summed E-state index contributed by atoms with van der Waals surface area (Å²) in [6.07, 6.45) is 0.645. The van der Waals surface area contributed by atoms with Gasteiger partial charge in [-0.2, -0.15) is 9.97 Å². The monoisotopic (exact) mass is 927 g/mol. The van der Waals surface area contributed by atoms with Crippen LogP contribution in [0.25, 0.3) is 4.72 Å². The molecule has 0 saturated heterocycles. The molecule has 0 spiro atoms. The summed E-state index contributed by atoms with van der Waals surface area (Å²) in [6.45, 7) is 3.63. The number of ether oxygens (including phenoxy) is 4.